The summed E-state index contributed by atoms with van der Waals surface area (Å²) in [4.78, 5) is 2.13. The third kappa shape index (κ3) is 2.14. The van der Waals surface area contributed by atoms with Crippen LogP contribution in [0.15, 0.2) is 34.7 Å². The molecule has 0 saturated carbocycles. The van der Waals surface area contributed by atoms with E-state index in [0.29, 0.717) is 6.54 Å². The van der Waals surface area contributed by atoms with Gasteiger partial charge in [-0.2, -0.15) is 0 Å². The number of benzene rings is 1. The number of hydrogen-bond donors (Lipinski definition) is 0. The van der Waals surface area contributed by atoms with Crippen molar-refractivity contribution in [2.45, 2.75) is 18.8 Å². The van der Waals surface area contributed by atoms with E-state index in [1.807, 2.05) is 18.2 Å². The zero-order chi connectivity index (χ0) is 12.6. The lowest BCUT2D eigenvalue weighted by atomic mass is 9.89. The maximum Gasteiger partial charge on any atom is 0.256 e. The molecule has 0 aromatic heterocycles. The minimum Gasteiger partial charge on any atom is -0.358 e. The Hall–Kier alpha value is -1.36. The van der Waals surface area contributed by atoms with Crippen LogP contribution >= 0.6 is 0 Å². The average Bonchev–Trinajstić information content (AvgIpc) is 2.38. The van der Waals surface area contributed by atoms with Crippen LogP contribution in [0.25, 0.3) is 0 Å². The summed E-state index contributed by atoms with van der Waals surface area (Å²) in [6.45, 7) is 1.52. The van der Waals surface area contributed by atoms with Gasteiger partial charge in [-0.25, -0.2) is 8.42 Å². The summed E-state index contributed by atoms with van der Waals surface area (Å²) < 4.78 is 27.3. The fraction of sp³-hybridized carbons (Fsp3) is 0.462. The maximum atomic E-state index is 11.7. The van der Waals surface area contributed by atoms with Gasteiger partial charge in [0.2, 0.25) is 0 Å². The second kappa shape index (κ2) is 4.39. The van der Waals surface area contributed by atoms with Crippen molar-refractivity contribution in [3.05, 3.63) is 35.9 Å². The first-order valence-corrected chi connectivity index (χ1v) is 7.89. The van der Waals surface area contributed by atoms with Gasteiger partial charge in [0, 0.05) is 19.0 Å². The highest BCUT2D eigenvalue weighted by Crippen LogP contribution is 2.31. The number of piperidine rings is 1. The van der Waals surface area contributed by atoms with Gasteiger partial charge < -0.3 is 4.90 Å². The number of sulfonamides is 1. The van der Waals surface area contributed by atoms with Crippen LogP contribution in [0.3, 0.4) is 0 Å². The summed E-state index contributed by atoms with van der Waals surface area (Å²) in [7, 11) is -3.25. The van der Waals surface area contributed by atoms with Crippen molar-refractivity contribution >= 4 is 15.9 Å². The molecule has 1 saturated heterocycles. The smallest absolute Gasteiger partial charge is 0.256 e. The Morgan fingerprint density at radius 3 is 2.72 bits per heavy atom. The van der Waals surface area contributed by atoms with Gasteiger partial charge in [-0.05, 0) is 18.4 Å². The highest BCUT2D eigenvalue weighted by Gasteiger charge is 2.33. The molecule has 1 atom stereocenters. The predicted octanol–water partition coefficient (Wildman–Crippen LogP) is 1.61. The molecule has 0 spiro atoms. The lowest BCUT2D eigenvalue weighted by molar-refractivity contribution is 0.366. The van der Waals surface area contributed by atoms with Gasteiger partial charge in [-0.3, -0.25) is 0 Å². The number of rotatable bonds is 1. The molecule has 18 heavy (non-hydrogen) atoms. The zero-order valence-corrected chi connectivity index (χ0v) is 10.9. The fourth-order valence-corrected chi connectivity index (χ4v) is 3.78. The molecule has 5 heteroatoms. The van der Waals surface area contributed by atoms with E-state index < -0.39 is 10.0 Å². The number of fused-ring (bicyclic) bond motifs is 1. The predicted molar refractivity (Wildman–Crippen MR) is 71.2 cm³/mol. The molecule has 1 unspecified atom stereocenters. The third-order valence-electron chi connectivity index (χ3n) is 3.61. The van der Waals surface area contributed by atoms with Crippen LogP contribution in [0.4, 0.5) is 0 Å². The summed E-state index contributed by atoms with van der Waals surface area (Å²) in [5.74, 6) is 1.03. The number of amidine groups is 1. The Balaban J connectivity index is 2.02. The highest BCUT2D eigenvalue weighted by atomic mass is 32.2. The molecule has 1 aromatic rings. The monoisotopic (exact) mass is 264 g/mol. The van der Waals surface area contributed by atoms with E-state index in [1.54, 1.807) is 0 Å². The molecule has 0 N–H and O–H groups in total. The Labute approximate surface area is 107 Å². The van der Waals surface area contributed by atoms with Crippen LogP contribution in [-0.2, 0) is 10.0 Å². The molecule has 0 bridgehead atoms. The molecule has 3 rings (SSSR count). The largest absolute Gasteiger partial charge is 0.358 e. The van der Waals surface area contributed by atoms with Crippen LogP contribution in [0.1, 0.15) is 24.3 Å². The molecule has 2 heterocycles. The van der Waals surface area contributed by atoms with Gasteiger partial charge in [0.05, 0.1) is 5.75 Å². The molecular formula is C13H16N2O2S. The van der Waals surface area contributed by atoms with Crippen LogP contribution in [0.5, 0.6) is 0 Å². The second-order valence-corrected chi connectivity index (χ2v) is 6.58. The lowest BCUT2D eigenvalue weighted by Gasteiger charge is -2.37. The molecular weight excluding hydrogens is 248 g/mol. The summed E-state index contributed by atoms with van der Waals surface area (Å²) in [5, 5.41) is 0. The lowest BCUT2D eigenvalue weighted by Crippen LogP contribution is -2.46. The molecule has 1 fully saturated rings. The maximum absolute atomic E-state index is 11.7. The van der Waals surface area contributed by atoms with E-state index in [2.05, 4.69) is 21.4 Å². The Kier molecular flexibility index (Phi) is 2.86. The summed E-state index contributed by atoms with van der Waals surface area (Å²) in [6.07, 6.45) is 2.08. The molecule has 1 aromatic carbocycles. The van der Waals surface area contributed by atoms with Crippen molar-refractivity contribution in [2.75, 3.05) is 18.8 Å². The fourth-order valence-electron chi connectivity index (χ4n) is 2.71. The quantitative estimate of drug-likeness (QED) is 0.774. The first-order chi connectivity index (χ1) is 8.66. The van der Waals surface area contributed by atoms with Crippen molar-refractivity contribution in [2.24, 2.45) is 4.40 Å². The van der Waals surface area contributed by atoms with Gasteiger partial charge in [0.15, 0.2) is 0 Å². The van der Waals surface area contributed by atoms with Crippen molar-refractivity contribution in [3.8, 4) is 0 Å². The SMILES string of the molecule is O=S1(=O)CCN2CCCC(c3ccccc3)C2=N1. The van der Waals surface area contributed by atoms with E-state index in [9.17, 15) is 8.42 Å². The molecule has 2 aliphatic heterocycles. The first-order valence-electron chi connectivity index (χ1n) is 6.28. The van der Waals surface area contributed by atoms with Gasteiger partial charge >= 0.3 is 0 Å². The van der Waals surface area contributed by atoms with Gasteiger partial charge in [0.1, 0.15) is 5.84 Å². The van der Waals surface area contributed by atoms with E-state index in [-0.39, 0.29) is 11.7 Å². The van der Waals surface area contributed by atoms with E-state index in [4.69, 9.17) is 0 Å². The third-order valence-corrected chi connectivity index (χ3v) is 4.77. The molecule has 4 nitrogen and oxygen atoms in total. The minimum atomic E-state index is -3.25. The minimum absolute atomic E-state index is 0.134. The molecule has 0 aliphatic carbocycles. The van der Waals surface area contributed by atoms with Crippen molar-refractivity contribution in [1.82, 2.24) is 4.90 Å². The molecule has 2 aliphatic rings. The first kappa shape index (κ1) is 11.7. The summed E-state index contributed by atoms with van der Waals surface area (Å²) in [5.41, 5.74) is 1.16. The average molecular weight is 264 g/mol. The topological polar surface area (TPSA) is 49.7 Å². The number of hydrogen-bond acceptors (Lipinski definition) is 3. The number of nitrogens with zero attached hydrogens (tertiary/aromatic N) is 2. The Morgan fingerprint density at radius 2 is 1.94 bits per heavy atom. The van der Waals surface area contributed by atoms with Gasteiger partial charge in [-0.15, -0.1) is 4.40 Å². The van der Waals surface area contributed by atoms with Crippen LogP contribution in [0, 0.1) is 0 Å². The van der Waals surface area contributed by atoms with Crippen LogP contribution < -0.4 is 0 Å². The zero-order valence-electron chi connectivity index (χ0n) is 10.1. The Bertz CT molecular complexity index is 566. The van der Waals surface area contributed by atoms with Crippen LogP contribution in [-0.4, -0.2) is 38.0 Å². The van der Waals surface area contributed by atoms with Gasteiger partial charge in [-0.1, -0.05) is 30.3 Å². The standard InChI is InChI=1S/C13H16N2O2S/c16-18(17)10-9-15-8-4-7-12(13(15)14-18)11-5-2-1-3-6-11/h1-3,5-6,12H,4,7-10H2. The van der Waals surface area contributed by atoms with Crippen molar-refractivity contribution in [3.63, 3.8) is 0 Å². The molecule has 96 valence electrons. The second-order valence-electron chi connectivity index (χ2n) is 4.83. The Morgan fingerprint density at radius 1 is 1.17 bits per heavy atom. The van der Waals surface area contributed by atoms with Gasteiger partial charge in [0.25, 0.3) is 10.0 Å². The summed E-state index contributed by atoms with van der Waals surface area (Å²) in [6, 6.07) is 10.1. The highest BCUT2D eigenvalue weighted by molar-refractivity contribution is 7.90. The molecule has 0 amide bonds. The summed E-state index contributed by atoms with van der Waals surface area (Å²) >= 11 is 0. The van der Waals surface area contributed by atoms with Crippen LogP contribution in [0.2, 0.25) is 0 Å². The normalized spacial score (nSPS) is 26.3. The van der Waals surface area contributed by atoms with E-state index >= 15 is 0 Å². The van der Waals surface area contributed by atoms with Crippen molar-refractivity contribution < 1.29 is 8.42 Å². The van der Waals surface area contributed by atoms with E-state index in [1.165, 1.54) is 0 Å². The molecule has 0 radical (unpaired) electrons. The van der Waals surface area contributed by atoms with Crippen molar-refractivity contribution in [1.29, 1.82) is 0 Å². The van der Waals surface area contributed by atoms with E-state index in [0.717, 1.165) is 30.8 Å².